The van der Waals surface area contributed by atoms with E-state index in [4.69, 9.17) is 29.6 Å². The van der Waals surface area contributed by atoms with Crippen molar-refractivity contribution < 1.29 is 0 Å². The Morgan fingerprint density at radius 3 is 2.75 bits per heavy atom. The third-order valence-corrected chi connectivity index (χ3v) is 3.28. The first-order valence-corrected chi connectivity index (χ1v) is 5.83. The molecule has 0 atom stereocenters. The number of hydrogen-bond acceptors (Lipinski definition) is 4. The summed E-state index contributed by atoms with van der Waals surface area (Å²) in [7, 11) is 0. The molecule has 0 fully saturated rings. The van der Waals surface area contributed by atoms with Crippen molar-refractivity contribution in [3.63, 3.8) is 0 Å². The van der Waals surface area contributed by atoms with E-state index in [9.17, 15) is 0 Å². The van der Waals surface area contributed by atoms with E-state index >= 15 is 0 Å². The van der Waals surface area contributed by atoms with Crippen LogP contribution in [0.3, 0.4) is 0 Å². The number of nitrogens with one attached hydrogen (secondary N) is 1. The number of benzene rings is 1. The van der Waals surface area contributed by atoms with Crippen LogP contribution in [0.4, 0.5) is 5.95 Å². The van der Waals surface area contributed by atoms with Gasteiger partial charge in [-0.3, -0.25) is 0 Å². The number of aromatic nitrogens is 3. The van der Waals surface area contributed by atoms with Crippen molar-refractivity contribution in [3.8, 4) is 11.4 Å². The summed E-state index contributed by atoms with van der Waals surface area (Å²) in [6.07, 6.45) is 0. The smallest absolute Gasteiger partial charge is 0.224 e. The quantitative estimate of drug-likeness (QED) is 0.793. The largest absolute Gasteiger partial charge is 0.369 e. The second-order valence-electron chi connectivity index (χ2n) is 2.99. The van der Waals surface area contributed by atoms with Crippen LogP contribution in [0.25, 0.3) is 11.4 Å². The first kappa shape index (κ1) is 11.5. The molecule has 4 nitrogen and oxygen atoms in total. The highest BCUT2D eigenvalue weighted by atomic mass is 79.9. The van der Waals surface area contributed by atoms with Crippen molar-refractivity contribution in [1.82, 2.24) is 15.0 Å². The lowest BCUT2D eigenvalue weighted by Gasteiger charge is -2.03. The molecule has 1 aromatic heterocycles. The van der Waals surface area contributed by atoms with Crippen molar-refractivity contribution in [3.05, 3.63) is 32.5 Å². The summed E-state index contributed by atoms with van der Waals surface area (Å²) in [6.45, 7) is 0. The molecule has 1 heterocycles. The molecule has 16 heavy (non-hydrogen) atoms. The standard InChI is InChI=1S/C9H6BrClN4S/c10-5-2-1-4(3-6(5)11)7-13-8(12)15-9(16)14-7/h1-3H,(H3,12,13,14,15,16). The topological polar surface area (TPSA) is 67.6 Å². The van der Waals surface area contributed by atoms with Gasteiger partial charge in [-0.25, -0.2) is 4.98 Å². The summed E-state index contributed by atoms with van der Waals surface area (Å²) in [5.74, 6) is 0.779. The minimum Gasteiger partial charge on any atom is -0.369 e. The number of rotatable bonds is 1. The van der Waals surface area contributed by atoms with Crippen LogP contribution >= 0.6 is 39.7 Å². The Morgan fingerprint density at radius 1 is 1.38 bits per heavy atom. The molecular formula is C9H6BrClN4S. The Bertz CT molecular complexity index is 598. The average molecular weight is 318 g/mol. The second-order valence-corrected chi connectivity index (χ2v) is 4.62. The summed E-state index contributed by atoms with van der Waals surface area (Å²) < 4.78 is 1.02. The maximum Gasteiger partial charge on any atom is 0.224 e. The maximum absolute atomic E-state index is 5.98. The molecule has 0 spiro atoms. The predicted molar refractivity (Wildman–Crippen MR) is 69.8 cm³/mol. The van der Waals surface area contributed by atoms with Crippen LogP contribution in [-0.4, -0.2) is 15.0 Å². The molecular weight excluding hydrogens is 312 g/mol. The Kier molecular flexibility index (Phi) is 3.22. The summed E-state index contributed by atoms with van der Waals surface area (Å²) in [6, 6.07) is 5.44. The minimum atomic E-state index is 0.199. The molecule has 2 aromatic rings. The van der Waals surface area contributed by atoms with Gasteiger partial charge < -0.3 is 10.7 Å². The fraction of sp³-hybridized carbons (Fsp3) is 0. The van der Waals surface area contributed by atoms with Gasteiger partial charge >= 0.3 is 0 Å². The third-order valence-electron chi connectivity index (χ3n) is 1.86. The first-order chi connectivity index (χ1) is 7.56. The van der Waals surface area contributed by atoms with Gasteiger partial charge in [0.15, 0.2) is 0 Å². The summed E-state index contributed by atoms with van der Waals surface area (Å²) in [5.41, 5.74) is 6.35. The van der Waals surface area contributed by atoms with Crippen LogP contribution in [0, 0.1) is 4.77 Å². The maximum atomic E-state index is 5.98. The molecule has 0 aliphatic heterocycles. The number of nitrogens with zero attached hydrogens (tertiary/aromatic N) is 2. The average Bonchev–Trinajstić information content (AvgIpc) is 2.20. The van der Waals surface area contributed by atoms with Gasteiger partial charge in [-0.15, -0.1) is 0 Å². The van der Waals surface area contributed by atoms with Crippen molar-refractivity contribution in [1.29, 1.82) is 0 Å². The lowest BCUT2D eigenvalue weighted by molar-refractivity contribution is 1.05. The molecule has 0 unspecified atom stereocenters. The van der Waals surface area contributed by atoms with Gasteiger partial charge in [0.1, 0.15) is 5.82 Å². The molecule has 0 saturated carbocycles. The molecule has 0 aliphatic carbocycles. The third kappa shape index (κ3) is 2.40. The number of nitrogens with two attached hydrogens (primary N) is 1. The zero-order chi connectivity index (χ0) is 11.7. The summed E-state index contributed by atoms with van der Waals surface area (Å²) >= 11 is 14.2. The second kappa shape index (κ2) is 4.48. The molecule has 7 heteroatoms. The predicted octanol–water partition coefficient (Wildman–Crippen LogP) is 3.20. The Hall–Kier alpha value is -0.980. The fourth-order valence-corrected chi connectivity index (χ4v) is 1.80. The van der Waals surface area contributed by atoms with Crippen molar-refractivity contribution >= 4 is 45.7 Å². The molecule has 1 aromatic carbocycles. The normalized spacial score (nSPS) is 10.4. The van der Waals surface area contributed by atoms with Crippen molar-refractivity contribution in [2.24, 2.45) is 0 Å². The van der Waals surface area contributed by atoms with Gasteiger partial charge in [0.25, 0.3) is 0 Å². The number of halogens is 2. The van der Waals surface area contributed by atoms with Crippen molar-refractivity contribution in [2.75, 3.05) is 5.73 Å². The van der Waals surface area contributed by atoms with Crippen LogP contribution < -0.4 is 5.73 Å². The minimum absolute atomic E-state index is 0.199. The van der Waals surface area contributed by atoms with E-state index in [0.717, 1.165) is 10.0 Å². The molecule has 0 aliphatic rings. The molecule has 0 saturated heterocycles. The van der Waals surface area contributed by atoms with E-state index < -0.39 is 0 Å². The highest BCUT2D eigenvalue weighted by Gasteiger charge is 2.04. The van der Waals surface area contributed by atoms with Crippen LogP contribution in [0.2, 0.25) is 5.02 Å². The van der Waals surface area contributed by atoms with E-state index in [1.165, 1.54) is 0 Å². The van der Waals surface area contributed by atoms with E-state index in [1.807, 2.05) is 12.1 Å². The summed E-state index contributed by atoms with van der Waals surface area (Å²) in [4.78, 5) is 10.7. The number of hydrogen-bond donors (Lipinski definition) is 2. The van der Waals surface area contributed by atoms with Gasteiger partial charge in [-0.2, -0.15) is 4.98 Å². The zero-order valence-electron chi connectivity index (χ0n) is 7.87. The highest BCUT2D eigenvalue weighted by molar-refractivity contribution is 9.10. The van der Waals surface area contributed by atoms with Crippen LogP contribution in [-0.2, 0) is 0 Å². The van der Waals surface area contributed by atoms with E-state index in [2.05, 4.69) is 30.9 Å². The van der Waals surface area contributed by atoms with Gasteiger partial charge in [0.05, 0.1) is 5.02 Å². The number of aromatic amines is 1. The first-order valence-electron chi connectivity index (χ1n) is 4.25. The fourth-order valence-electron chi connectivity index (χ4n) is 1.18. The van der Waals surface area contributed by atoms with Crippen LogP contribution in [0.1, 0.15) is 0 Å². The zero-order valence-corrected chi connectivity index (χ0v) is 11.0. The number of anilines is 1. The van der Waals surface area contributed by atoms with E-state index in [-0.39, 0.29) is 10.7 Å². The number of H-pyrrole nitrogens is 1. The van der Waals surface area contributed by atoms with E-state index in [0.29, 0.717) is 10.8 Å². The van der Waals surface area contributed by atoms with Crippen molar-refractivity contribution in [2.45, 2.75) is 0 Å². The van der Waals surface area contributed by atoms with Crippen LogP contribution in [0.5, 0.6) is 0 Å². The van der Waals surface area contributed by atoms with Gasteiger partial charge in [0, 0.05) is 10.0 Å². The Morgan fingerprint density at radius 2 is 2.12 bits per heavy atom. The lowest BCUT2D eigenvalue weighted by atomic mass is 10.2. The SMILES string of the molecule is Nc1nc(=S)nc(-c2ccc(Br)c(Cl)c2)[nH]1. The Balaban J connectivity index is 2.58. The molecule has 0 bridgehead atoms. The van der Waals surface area contributed by atoms with Gasteiger partial charge in [0.2, 0.25) is 10.7 Å². The molecule has 2 rings (SSSR count). The Labute approximate surface area is 110 Å². The molecule has 3 N–H and O–H groups in total. The van der Waals surface area contributed by atoms with E-state index in [1.54, 1.807) is 6.07 Å². The van der Waals surface area contributed by atoms with Crippen LogP contribution in [0.15, 0.2) is 22.7 Å². The van der Waals surface area contributed by atoms with Gasteiger partial charge in [-0.1, -0.05) is 17.7 Å². The summed E-state index contributed by atoms with van der Waals surface area (Å²) in [5, 5.41) is 0.592. The highest BCUT2D eigenvalue weighted by Crippen LogP contribution is 2.27. The van der Waals surface area contributed by atoms with Gasteiger partial charge in [-0.05, 0) is 40.3 Å². The molecule has 0 radical (unpaired) electrons. The lowest BCUT2D eigenvalue weighted by Crippen LogP contribution is -1.99. The monoisotopic (exact) mass is 316 g/mol. The molecule has 0 amide bonds. The number of nitrogen functional groups attached to an aromatic ring is 1. The molecule has 82 valence electrons.